The number of anilines is 1. The highest BCUT2D eigenvalue weighted by molar-refractivity contribution is 6.23. The summed E-state index contributed by atoms with van der Waals surface area (Å²) in [5.74, 6) is -0.115. The summed E-state index contributed by atoms with van der Waals surface area (Å²) < 4.78 is 45.7. The molecule has 9 heteroatoms. The van der Waals surface area contributed by atoms with Crippen molar-refractivity contribution in [3.05, 3.63) is 59.2 Å². The van der Waals surface area contributed by atoms with Crippen LogP contribution in [-0.2, 0) is 16.5 Å². The van der Waals surface area contributed by atoms with Gasteiger partial charge in [-0.05, 0) is 56.7 Å². The van der Waals surface area contributed by atoms with Crippen LogP contribution in [0.5, 0.6) is 5.75 Å². The number of ether oxygens (including phenoxy) is 1. The van der Waals surface area contributed by atoms with Crippen LogP contribution in [0.15, 0.2) is 42.5 Å². The Hall–Kier alpha value is -3.54. The minimum Gasteiger partial charge on any atom is -0.491 e. The van der Waals surface area contributed by atoms with Crippen molar-refractivity contribution in [1.29, 1.82) is 5.26 Å². The Balaban J connectivity index is 2.04. The molecular formula is C22H20F3N3O3. The van der Waals surface area contributed by atoms with Gasteiger partial charge in [-0.1, -0.05) is 12.1 Å². The van der Waals surface area contributed by atoms with E-state index in [0.717, 1.165) is 12.1 Å². The molecule has 0 saturated carbocycles. The Morgan fingerprint density at radius 1 is 1.10 bits per heavy atom. The van der Waals surface area contributed by atoms with Crippen molar-refractivity contribution in [1.82, 2.24) is 4.90 Å². The lowest BCUT2D eigenvalue weighted by Gasteiger charge is -2.29. The number of carbonyl (C=O) groups is 2. The molecule has 1 aliphatic heterocycles. The van der Waals surface area contributed by atoms with Gasteiger partial charge in [-0.15, -0.1) is 0 Å². The zero-order valence-electron chi connectivity index (χ0n) is 17.3. The van der Waals surface area contributed by atoms with Gasteiger partial charge in [0.2, 0.25) is 0 Å². The predicted octanol–water partition coefficient (Wildman–Crippen LogP) is 4.68. The van der Waals surface area contributed by atoms with Crippen molar-refractivity contribution in [2.45, 2.75) is 38.6 Å². The number of nitriles is 1. The van der Waals surface area contributed by atoms with Crippen molar-refractivity contribution < 1.29 is 27.5 Å². The van der Waals surface area contributed by atoms with Gasteiger partial charge in [-0.25, -0.2) is 9.69 Å². The summed E-state index contributed by atoms with van der Waals surface area (Å²) in [6, 6.07) is 10.1. The number of likely N-dealkylation sites (N-methyl/N-ethyl adjacent to an activating group) is 1. The second kappa shape index (κ2) is 7.61. The van der Waals surface area contributed by atoms with E-state index in [0.29, 0.717) is 22.3 Å². The average Bonchev–Trinajstić information content (AvgIpc) is 2.88. The van der Waals surface area contributed by atoms with Gasteiger partial charge < -0.3 is 9.64 Å². The van der Waals surface area contributed by atoms with E-state index < -0.39 is 34.8 Å². The van der Waals surface area contributed by atoms with Gasteiger partial charge in [-0.3, -0.25) is 4.79 Å². The van der Waals surface area contributed by atoms with E-state index in [1.165, 1.54) is 24.9 Å². The molecule has 162 valence electrons. The Morgan fingerprint density at radius 3 is 2.23 bits per heavy atom. The number of nitrogens with zero attached hydrogens (tertiary/aromatic N) is 3. The Morgan fingerprint density at radius 2 is 1.71 bits per heavy atom. The molecule has 1 heterocycles. The molecule has 6 nitrogen and oxygen atoms in total. The lowest BCUT2D eigenvalue weighted by Crippen LogP contribution is -2.42. The highest BCUT2D eigenvalue weighted by Crippen LogP contribution is 2.41. The number of alkyl halides is 3. The van der Waals surface area contributed by atoms with Crippen LogP contribution in [0, 0.1) is 11.3 Å². The lowest BCUT2D eigenvalue weighted by molar-refractivity contribution is -0.137. The molecule has 0 spiro atoms. The van der Waals surface area contributed by atoms with E-state index >= 15 is 0 Å². The largest absolute Gasteiger partial charge is 0.491 e. The minimum absolute atomic E-state index is 0.0477. The van der Waals surface area contributed by atoms with E-state index in [2.05, 4.69) is 0 Å². The molecule has 0 radical (unpaired) electrons. The predicted molar refractivity (Wildman–Crippen MR) is 106 cm³/mol. The van der Waals surface area contributed by atoms with Crippen molar-refractivity contribution in [3.8, 4) is 11.8 Å². The Bertz CT molecular complexity index is 1070. The summed E-state index contributed by atoms with van der Waals surface area (Å²) in [5, 5.41) is 8.98. The summed E-state index contributed by atoms with van der Waals surface area (Å²) in [6.07, 6.45) is -4.86. The molecule has 1 atom stereocenters. The second-order valence-corrected chi connectivity index (χ2v) is 7.58. The summed E-state index contributed by atoms with van der Waals surface area (Å²) >= 11 is 0. The van der Waals surface area contributed by atoms with Crippen LogP contribution >= 0.6 is 0 Å². The molecule has 2 aromatic carbocycles. The number of benzene rings is 2. The van der Waals surface area contributed by atoms with E-state index in [4.69, 9.17) is 10.00 Å². The zero-order valence-corrected chi connectivity index (χ0v) is 17.3. The first-order valence-electron chi connectivity index (χ1n) is 9.42. The van der Waals surface area contributed by atoms with Gasteiger partial charge >= 0.3 is 12.2 Å². The van der Waals surface area contributed by atoms with Crippen LogP contribution in [0.3, 0.4) is 0 Å². The van der Waals surface area contributed by atoms with E-state index in [1.807, 2.05) is 13.8 Å². The molecule has 3 amide bonds. The number of hydrogen-bond donors (Lipinski definition) is 0. The number of halogens is 3. The molecule has 0 N–H and O–H groups in total. The maximum Gasteiger partial charge on any atom is 0.417 e. The topological polar surface area (TPSA) is 73.6 Å². The van der Waals surface area contributed by atoms with Crippen LogP contribution in [0.4, 0.5) is 23.7 Å². The first-order valence-corrected chi connectivity index (χ1v) is 9.42. The fraction of sp³-hybridized carbons (Fsp3) is 0.318. The monoisotopic (exact) mass is 431 g/mol. The third kappa shape index (κ3) is 3.69. The lowest BCUT2D eigenvalue weighted by atomic mass is 9.90. The normalized spacial score (nSPS) is 19.2. The second-order valence-electron chi connectivity index (χ2n) is 7.58. The Labute approximate surface area is 177 Å². The number of imide groups is 1. The molecular weight excluding hydrogens is 411 g/mol. The summed E-state index contributed by atoms with van der Waals surface area (Å²) in [5.41, 5.74) is -3.00. The van der Waals surface area contributed by atoms with E-state index in [9.17, 15) is 22.8 Å². The number of hydrogen-bond acceptors (Lipinski definition) is 4. The van der Waals surface area contributed by atoms with Gasteiger partial charge in [0.25, 0.3) is 5.91 Å². The van der Waals surface area contributed by atoms with Gasteiger partial charge in [0.1, 0.15) is 11.3 Å². The summed E-state index contributed by atoms with van der Waals surface area (Å²) in [7, 11) is 1.41. The molecule has 1 aliphatic rings. The van der Waals surface area contributed by atoms with Crippen LogP contribution in [0.2, 0.25) is 0 Å². The zero-order chi connectivity index (χ0) is 23.1. The smallest absolute Gasteiger partial charge is 0.417 e. The molecule has 0 aliphatic carbocycles. The molecule has 0 bridgehead atoms. The maximum absolute atomic E-state index is 13.4. The van der Waals surface area contributed by atoms with Crippen LogP contribution in [0.1, 0.15) is 37.5 Å². The first kappa shape index (κ1) is 22.2. The van der Waals surface area contributed by atoms with Gasteiger partial charge in [0, 0.05) is 7.05 Å². The average molecular weight is 431 g/mol. The first-order chi connectivity index (χ1) is 14.4. The third-order valence-electron chi connectivity index (χ3n) is 5.24. The molecule has 1 saturated heterocycles. The fourth-order valence-electron chi connectivity index (χ4n) is 3.47. The third-order valence-corrected chi connectivity index (χ3v) is 5.24. The molecule has 1 unspecified atom stereocenters. The van der Waals surface area contributed by atoms with Gasteiger partial charge in [0.15, 0.2) is 0 Å². The van der Waals surface area contributed by atoms with Gasteiger partial charge in [-0.2, -0.15) is 18.4 Å². The Kier molecular flexibility index (Phi) is 5.44. The van der Waals surface area contributed by atoms with Crippen molar-refractivity contribution in [3.63, 3.8) is 0 Å². The van der Waals surface area contributed by atoms with Crippen molar-refractivity contribution >= 4 is 17.6 Å². The SMILES string of the molecule is CC(C)Oc1ccc(C2(C)C(=O)N(c3ccc(C#N)c(C(F)(F)F)c3)C(=O)N2C)cc1. The number of carbonyl (C=O) groups excluding carboxylic acids is 2. The van der Waals surface area contributed by atoms with Gasteiger partial charge in [0.05, 0.1) is 29.0 Å². The number of amides is 3. The van der Waals surface area contributed by atoms with Crippen LogP contribution in [-0.4, -0.2) is 30.0 Å². The molecule has 2 aromatic rings. The maximum atomic E-state index is 13.4. The van der Waals surface area contributed by atoms with Crippen molar-refractivity contribution in [2.75, 3.05) is 11.9 Å². The molecule has 0 aromatic heterocycles. The fourth-order valence-corrected chi connectivity index (χ4v) is 3.47. The summed E-state index contributed by atoms with van der Waals surface area (Å²) in [4.78, 5) is 28.1. The number of rotatable bonds is 4. The standard InChI is InChI=1S/C22H20F3N3O3/c1-13(2)31-17-9-6-15(7-10-17)21(3)19(29)28(20(30)27(21)4)16-8-5-14(12-26)18(11-16)22(23,24)25/h5-11,13H,1-4H3. The van der Waals surface area contributed by atoms with E-state index in [-0.39, 0.29) is 11.8 Å². The summed E-state index contributed by atoms with van der Waals surface area (Å²) in [6.45, 7) is 5.26. The highest BCUT2D eigenvalue weighted by atomic mass is 19.4. The quantitative estimate of drug-likeness (QED) is 0.659. The van der Waals surface area contributed by atoms with Crippen LogP contribution < -0.4 is 9.64 Å². The highest BCUT2D eigenvalue weighted by Gasteiger charge is 2.54. The molecule has 31 heavy (non-hydrogen) atoms. The molecule has 1 fully saturated rings. The van der Waals surface area contributed by atoms with E-state index in [1.54, 1.807) is 24.3 Å². The van der Waals surface area contributed by atoms with Crippen molar-refractivity contribution in [2.24, 2.45) is 0 Å². The molecule has 3 rings (SSSR count). The minimum atomic E-state index is -4.81. The number of urea groups is 1. The van der Waals surface area contributed by atoms with Crippen LogP contribution in [0.25, 0.3) is 0 Å².